The summed E-state index contributed by atoms with van der Waals surface area (Å²) in [5.74, 6) is 0. The van der Waals surface area contributed by atoms with Gasteiger partial charge in [0.05, 0.1) is 0 Å². The topological polar surface area (TPSA) is 22.3 Å². The molecule has 0 saturated carbocycles. The molecule has 0 aliphatic rings. The van der Waals surface area contributed by atoms with E-state index in [0.717, 1.165) is 11.1 Å². The van der Waals surface area contributed by atoms with E-state index in [1.165, 1.54) is 0 Å². The molecule has 2 rings (SSSR count). The summed E-state index contributed by atoms with van der Waals surface area (Å²) in [6.45, 7) is 0. The first-order valence-corrected chi connectivity index (χ1v) is 4.54. The summed E-state index contributed by atoms with van der Waals surface area (Å²) in [4.78, 5) is 0. The van der Waals surface area contributed by atoms with E-state index in [4.69, 9.17) is 0 Å². The number of nitrogens with zero attached hydrogens (tertiary/aromatic N) is 1. The van der Waals surface area contributed by atoms with Gasteiger partial charge in [-0.2, -0.15) is 0 Å². The summed E-state index contributed by atoms with van der Waals surface area (Å²) >= 11 is 0. The Hall–Kier alpha value is -1.27. The van der Waals surface area contributed by atoms with E-state index in [1.54, 1.807) is 0 Å². The molecule has 1 radical (unpaired) electrons. The Morgan fingerprint density at radius 2 is 1.00 bits per heavy atom. The number of hydrogen-bond donors (Lipinski definition) is 0. The average Bonchev–Trinajstić information content (AvgIpc) is 2.30. The van der Waals surface area contributed by atoms with Crippen LogP contribution >= 0.6 is 0 Å². The number of benzene rings is 2. The maximum atomic E-state index is 9.91. The fourth-order valence-corrected chi connectivity index (χ4v) is 1.36. The SMILES string of the molecule is [N-]=C(c1ccccc1)c1ccccc1.[Rh]. The van der Waals surface area contributed by atoms with Crippen molar-refractivity contribution in [1.82, 2.24) is 0 Å². The Morgan fingerprint density at radius 1 is 0.667 bits per heavy atom. The minimum Gasteiger partial charge on any atom is -0.803 e. The number of rotatable bonds is 2. The monoisotopic (exact) mass is 283 g/mol. The van der Waals surface area contributed by atoms with Crippen molar-refractivity contribution in [1.29, 1.82) is 0 Å². The maximum Gasteiger partial charge on any atom is 0 e. The van der Waals surface area contributed by atoms with Crippen LogP contribution in [0.5, 0.6) is 0 Å². The standard InChI is InChI=1S/C13H10N.Rh/c14-13(11-7-3-1-4-8-11)12-9-5-2-6-10-12;/h1-10H;/q-1;. The van der Waals surface area contributed by atoms with Crippen LogP contribution < -0.4 is 0 Å². The summed E-state index contributed by atoms with van der Waals surface area (Å²) < 4.78 is 0. The summed E-state index contributed by atoms with van der Waals surface area (Å²) in [6.07, 6.45) is 0. The number of hydrogen-bond acceptors (Lipinski definition) is 0. The zero-order valence-electron chi connectivity index (χ0n) is 8.05. The Kier molecular flexibility index (Phi) is 4.39. The Morgan fingerprint density at radius 3 is 1.33 bits per heavy atom. The van der Waals surface area contributed by atoms with Gasteiger partial charge in [0, 0.05) is 19.5 Å². The first-order chi connectivity index (χ1) is 6.88. The fraction of sp³-hybridized carbons (Fsp3) is 0. The van der Waals surface area contributed by atoms with Gasteiger partial charge in [-0.15, -0.1) is 5.71 Å². The predicted molar refractivity (Wildman–Crippen MR) is 59.5 cm³/mol. The van der Waals surface area contributed by atoms with Crippen LogP contribution in [0.2, 0.25) is 0 Å². The molecule has 0 aliphatic carbocycles. The summed E-state index contributed by atoms with van der Waals surface area (Å²) in [7, 11) is 0. The molecule has 0 amide bonds. The third-order valence-electron chi connectivity index (χ3n) is 2.09. The van der Waals surface area contributed by atoms with Crippen molar-refractivity contribution in [3.05, 3.63) is 77.2 Å². The molecule has 0 aromatic heterocycles. The third-order valence-corrected chi connectivity index (χ3v) is 2.09. The van der Waals surface area contributed by atoms with Gasteiger partial charge in [-0.05, 0) is 11.1 Å². The molecule has 77 valence electrons. The van der Waals surface area contributed by atoms with Gasteiger partial charge in [0.1, 0.15) is 0 Å². The van der Waals surface area contributed by atoms with Crippen LogP contribution in [0.25, 0.3) is 5.41 Å². The minimum absolute atomic E-state index is 0. The molecule has 0 atom stereocenters. The van der Waals surface area contributed by atoms with Crippen LogP contribution in [0.3, 0.4) is 0 Å². The van der Waals surface area contributed by atoms with E-state index in [2.05, 4.69) is 0 Å². The summed E-state index contributed by atoms with van der Waals surface area (Å²) in [6, 6.07) is 19.1. The van der Waals surface area contributed by atoms with Crippen LogP contribution in [0, 0.1) is 0 Å². The second kappa shape index (κ2) is 5.57. The third kappa shape index (κ3) is 2.84. The van der Waals surface area contributed by atoms with Crippen molar-refractivity contribution in [3.63, 3.8) is 0 Å². The van der Waals surface area contributed by atoms with E-state index >= 15 is 0 Å². The Labute approximate surface area is 102 Å². The van der Waals surface area contributed by atoms with Crippen LogP contribution in [0.1, 0.15) is 11.1 Å². The molecule has 1 nitrogen and oxygen atoms in total. The molecule has 0 unspecified atom stereocenters. The molecule has 0 spiro atoms. The van der Waals surface area contributed by atoms with Gasteiger partial charge in [-0.25, -0.2) is 0 Å². The molecule has 0 heterocycles. The van der Waals surface area contributed by atoms with Crippen molar-refractivity contribution < 1.29 is 19.5 Å². The summed E-state index contributed by atoms with van der Waals surface area (Å²) in [5.41, 5.74) is 2.02. The van der Waals surface area contributed by atoms with Gasteiger partial charge >= 0.3 is 0 Å². The van der Waals surface area contributed by atoms with E-state index in [1.807, 2.05) is 60.7 Å². The largest absolute Gasteiger partial charge is 0.803 e. The zero-order valence-corrected chi connectivity index (χ0v) is 9.69. The smallest absolute Gasteiger partial charge is 0 e. The van der Waals surface area contributed by atoms with Gasteiger partial charge < -0.3 is 5.41 Å². The minimum atomic E-state index is 0. The van der Waals surface area contributed by atoms with E-state index < -0.39 is 0 Å². The van der Waals surface area contributed by atoms with E-state index in [-0.39, 0.29) is 19.5 Å². The summed E-state index contributed by atoms with van der Waals surface area (Å²) in [5, 5.41) is 9.91. The maximum absolute atomic E-state index is 9.91. The first-order valence-electron chi connectivity index (χ1n) is 4.54. The molecule has 2 aromatic carbocycles. The van der Waals surface area contributed by atoms with Gasteiger partial charge in [-0.1, -0.05) is 60.7 Å². The molecule has 0 aliphatic heterocycles. The van der Waals surface area contributed by atoms with Crippen molar-refractivity contribution in [2.24, 2.45) is 0 Å². The Bertz CT molecular complexity index is 381. The van der Waals surface area contributed by atoms with Crippen molar-refractivity contribution in [2.45, 2.75) is 0 Å². The molecule has 0 bridgehead atoms. The van der Waals surface area contributed by atoms with E-state index in [0.29, 0.717) is 5.71 Å². The molecule has 2 aromatic rings. The van der Waals surface area contributed by atoms with Crippen molar-refractivity contribution in [3.8, 4) is 0 Å². The Balaban J connectivity index is 0.00000112. The molecule has 2 heteroatoms. The second-order valence-electron chi connectivity index (χ2n) is 3.08. The quantitative estimate of drug-likeness (QED) is 0.597. The molecular formula is C13H10NRh-. The predicted octanol–water partition coefficient (Wildman–Crippen LogP) is 3.09. The fourth-order valence-electron chi connectivity index (χ4n) is 1.36. The van der Waals surface area contributed by atoms with Gasteiger partial charge in [0.2, 0.25) is 0 Å². The molecule has 0 saturated heterocycles. The van der Waals surface area contributed by atoms with Crippen LogP contribution in [-0.2, 0) is 19.5 Å². The van der Waals surface area contributed by atoms with Crippen LogP contribution in [0.4, 0.5) is 0 Å². The van der Waals surface area contributed by atoms with Gasteiger partial charge in [0.15, 0.2) is 0 Å². The van der Waals surface area contributed by atoms with Gasteiger partial charge in [0.25, 0.3) is 0 Å². The van der Waals surface area contributed by atoms with Crippen LogP contribution in [0.15, 0.2) is 60.7 Å². The van der Waals surface area contributed by atoms with Crippen molar-refractivity contribution >= 4 is 5.71 Å². The average molecular weight is 283 g/mol. The first kappa shape index (κ1) is 11.8. The molecule has 0 fully saturated rings. The van der Waals surface area contributed by atoms with Crippen molar-refractivity contribution in [2.75, 3.05) is 0 Å². The normalized spacial score (nSPS) is 9.07. The van der Waals surface area contributed by atoms with E-state index in [9.17, 15) is 5.41 Å². The second-order valence-corrected chi connectivity index (χ2v) is 3.08. The van der Waals surface area contributed by atoms with Gasteiger partial charge in [-0.3, -0.25) is 0 Å². The molecular weight excluding hydrogens is 273 g/mol. The van der Waals surface area contributed by atoms with Crippen LogP contribution in [-0.4, -0.2) is 5.71 Å². The molecule has 0 N–H and O–H groups in total. The molecule has 15 heavy (non-hydrogen) atoms. The zero-order chi connectivity index (χ0) is 9.80.